The third-order valence-corrected chi connectivity index (χ3v) is 6.89. The van der Waals surface area contributed by atoms with Gasteiger partial charge in [0, 0.05) is 43.7 Å². The summed E-state index contributed by atoms with van der Waals surface area (Å²) < 4.78 is 14.1. The number of likely N-dealkylation sites (tertiary alicyclic amines) is 1. The average Bonchev–Trinajstić information content (AvgIpc) is 3.56. The Morgan fingerprint density at radius 2 is 2.00 bits per heavy atom. The van der Waals surface area contributed by atoms with E-state index >= 15 is 0 Å². The van der Waals surface area contributed by atoms with E-state index < -0.39 is 0 Å². The summed E-state index contributed by atoms with van der Waals surface area (Å²) >= 11 is 0. The molecule has 1 saturated heterocycles. The van der Waals surface area contributed by atoms with E-state index in [4.69, 9.17) is 31.0 Å². The first-order valence-corrected chi connectivity index (χ1v) is 12.1. The second-order valence-electron chi connectivity index (χ2n) is 9.44. The van der Waals surface area contributed by atoms with Crippen molar-refractivity contribution >= 4 is 17.2 Å². The van der Waals surface area contributed by atoms with Gasteiger partial charge in [-0.1, -0.05) is 24.3 Å². The average molecular weight is 482 g/mol. The molecule has 5 heterocycles. The molecule has 2 aliphatic rings. The minimum atomic E-state index is 0.468. The topological polar surface area (TPSA) is 72.4 Å². The van der Waals surface area contributed by atoms with Gasteiger partial charge in [0.25, 0.3) is 0 Å². The molecule has 0 amide bonds. The van der Waals surface area contributed by atoms with Crippen LogP contribution in [0.15, 0.2) is 48.9 Å². The zero-order chi connectivity index (χ0) is 24.6. The molecule has 3 aromatic heterocycles. The minimum absolute atomic E-state index is 0.468. The SMILES string of the molecule is [C-]#[N+]c1ccc(-c2nc(OC[C@@H]3CCN(C)C3)n3ccnc3c2-c2cnc3c(c2)OCCN3C)cc1. The lowest BCUT2D eigenvalue weighted by molar-refractivity contribution is 0.230. The number of anilines is 1. The Morgan fingerprint density at radius 1 is 1.14 bits per heavy atom. The van der Waals surface area contributed by atoms with Crippen molar-refractivity contribution < 1.29 is 9.47 Å². The van der Waals surface area contributed by atoms with Crippen molar-refractivity contribution in [1.82, 2.24) is 24.3 Å². The van der Waals surface area contributed by atoms with Crippen molar-refractivity contribution in [2.24, 2.45) is 5.92 Å². The molecule has 1 fully saturated rings. The Hall–Kier alpha value is -4.16. The third-order valence-electron chi connectivity index (χ3n) is 6.89. The van der Waals surface area contributed by atoms with Crippen LogP contribution in [0.5, 0.6) is 11.8 Å². The first kappa shape index (κ1) is 22.3. The fourth-order valence-corrected chi connectivity index (χ4v) is 4.94. The van der Waals surface area contributed by atoms with Crippen molar-refractivity contribution in [2.45, 2.75) is 6.42 Å². The molecule has 0 N–H and O–H groups in total. The van der Waals surface area contributed by atoms with Crippen molar-refractivity contribution in [3.63, 3.8) is 0 Å². The number of nitrogens with zero attached hydrogens (tertiary/aromatic N) is 7. The number of pyridine rings is 1. The summed E-state index contributed by atoms with van der Waals surface area (Å²) in [5.74, 6) is 2.03. The summed E-state index contributed by atoms with van der Waals surface area (Å²) in [6.45, 7) is 11.4. The molecule has 2 aliphatic heterocycles. The fourth-order valence-electron chi connectivity index (χ4n) is 4.94. The number of ether oxygens (including phenoxy) is 2. The van der Waals surface area contributed by atoms with E-state index in [1.54, 1.807) is 6.20 Å². The highest BCUT2D eigenvalue weighted by atomic mass is 16.5. The van der Waals surface area contributed by atoms with Gasteiger partial charge in [-0.3, -0.25) is 4.40 Å². The van der Waals surface area contributed by atoms with Crippen LogP contribution in [0.4, 0.5) is 11.5 Å². The van der Waals surface area contributed by atoms with Crippen molar-refractivity contribution in [3.8, 4) is 34.1 Å². The Labute approximate surface area is 209 Å². The lowest BCUT2D eigenvalue weighted by Gasteiger charge is -2.26. The molecule has 36 heavy (non-hydrogen) atoms. The van der Waals surface area contributed by atoms with Crippen molar-refractivity contribution in [3.05, 3.63) is 60.3 Å². The van der Waals surface area contributed by atoms with Gasteiger partial charge in [0.05, 0.1) is 31.0 Å². The number of hydrogen-bond acceptors (Lipinski definition) is 7. The van der Waals surface area contributed by atoms with Crippen LogP contribution in [0.3, 0.4) is 0 Å². The fraction of sp³-hybridized carbons (Fsp3) is 0.333. The standard InChI is InChI=1S/C27H27N7O2/c1-28-21-6-4-19(5-7-21)24-23(20-14-22-25(30-15-20)33(3)12-13-35-22)26-29-9-11-34(26)27(31-24)36-17-18-8-10-32(2)16-18/h4-7,9,11,14-15,18H,8,10,12-13,16-17H2,2-3H3/t18-/m1/s1. The van der Waals surface area contributed by atoms with E-state index in [9.17, 15) is 0 Å². The van der Waals surface area contributed by atoms with E-state index in [1.165, 1.54) is 0 Å². The van der Waals surface area contributed by atoms with E-state index in [0.29, 0.717) is 30.8 Å². The summed E-state index contributed by atoms with van der Waals surface area (Å²) in [5.41, 5.74) is 4.63. The van der Waals surface area contributed by atoms with Gasteiger partial charge in [0.15, 0.2) is 22.9 Å². The van der Waals surface area contributed by atoms with Gasteiger partial charge in [-0.2, -0.15) is 4.98 Å². The van der Waals surface area contributed by atoms with Gasteiger partial charge in [0.1, 0.15) is 6.61 Å². The van der Waals surface area contributed by atoms with E-state index in [-0.39, 0.29) is 0 Å². The van der Waals surface area contributed by atoms with Crippen LogP contribution in [0.1, 0.15) is 6.42 Å². The largest absolute Gasteiger partial charge is 0.488 e. The van der Waals surface area contributed by atoms with Gasteiger partial charge in [-0.15, -0.1) is 0 Å². The molecule has 0 spiro atoms. The van der Waals surface area contributed by atoms with E-state index in [2.05, 4.69) is 21.7 Å². The lowest BCUT2D eigenvalue weighted by atomic mass is 10.0. The molecule has 9 nitrogen and oxygen atoms in total. The Kier molecular flexibility index (Phi) is 5.66. The number of likely N-dealkylation sites (N-methyl/N-ethyl adjacent to an activating group) is 1. The zero-order valence-corrected chi connectivity index (χ0v) is 20.4. The maximum atomic E-state index is 7.32. The van der Waals surface area contributed by atoms with Gasteiger partial charge in [-0.25, -0.2) is 14.8 Å². The minimum Gasteiger partial charge on any atom is -0.488 e. The van der Waals surface area contributed by atoms with Gasteiger partial charge in [-0.05, 0) is 31.6 Å². The molecule has 1 atom stereocenters. The van der Waals surface area contributed by atoms with Crippen molar-refractivity contribution in [2.75, 3.05) is 51.8 Å². The summed E-state index contributed by atoms with van der Waals surface area (Å²) in [6.07, 6.45) is 6.60. The summed E-state index contributed by atoms with van der Waals surface area (Å²) in [5, 5.41) is 0. The van der Waals surface area contributed by atoms with Gasteiger partial charge < -0.3 is 19.3 Å². The predicted octanol–water partition coefficient (Wildman–Crippen LogP) is 4.17. The van der Waals surface area contributed by atoms with Crippen LogP contribution in [0.25, 0.3) is 32.9 Å². The smallest absolute Gasteiger partial charge is 0.302 e. The number of benzene rings is 1. The van der Waals surface area contributed by atoms with Crippen LogP contribution in [0.2, 0.25) is 0 Å². The first-order chi connectivity index (χ1) is 17.6. The Balaban J connectivity index is 1.49. The molecule has 4 aromatic rings. The predicted molar refractivity (Wildman–Crippen MR) is 138 cm³/mol. The molecular formula is C27H27N7O2. The van der Waals surface area contributed by atoms with Gasteiger partial charge in [0.2, 0.25) is 0 Å². The molecule has 9 heteroatoms. The number of fused-ring (bicyclic) bond motifs is 2. The normalized spacial score (nSPS) is 17.6. The van der Waals surface area contributed by atoms with Gasteiger partial charge >= 0.3 is 6.01 Å². The van der Waals surface area contributed by atoms with E-state index in [1.807, 2.05) is 54.2 Å². The van der Waals surface area contributed by atoms with Crippen LogP contribution >= 0.6 is 0 Å². The Morgan fingerprint density at radius 3 is 2.78 bits per heavy atom. The maximum Gasteiger partial charge on any atom is 0.302 e. The molecule has 182 valence electrons. The summed E-state index contributed by atoms with van der Waals surface area (Å²) in [7, 11) is 4.15. The van der Waals surface area contributed by atoms with Crippen LogP contribution in [0, 0.1) is 12.5 Å². The highest BCUT2D eigenvalue weighted by molar-refractivity contribution is 5.91. The van der Waals surface area contributed by atoms with Crippen LogP contribution in [-0.2, 0) is 0 Å². The highest BCUT2D eigenvalue weighted by Crippen LogP contribution is 2.39. The number of hydrogen-bond donors (Lipinski definition) is 0. The monoisotopic (exact) mass is 481 g/mol. The second-order valence-corrected chi connectivity index (χ2v) is 9.44. The third kappa shape index (κ3) is 3.99. The number of rotatable bonds is 5. The number of imidazole rings is 1. The molecule has 0 unspecified atom stereocenters. The molecule has 6 rings (SSSR count). The molecule has 0 bridgehead atoms. The highest BCUT2D eigenvalue weighted by Gasteiger charge is 2.25. The van der Waals surface area contributed by atoms with Crippen LogP contribution in [-0.4, -0.2) is 71.2 Å². The molecule has 0 aliphatic carbocycles. The molecule has 0 radical (unpaired) electrons. The first-order valence-electron chi connectivity index (χ1n) is 12.1. The summed E-state index contributed by atoms with van der Waals surface area (Å²) in [4.78, 5) is 22.4. The van der Waals surface area contributed by atoms with Crippen molar-refractivity contribution in [1.29, 1.82) is 0 Å². The second kappa shape index (κ2) is 9.13. The molecule has 0 saturated carbocycles. The number of aromatic nitrogens is 4. The van der Waals surface area contributed by atoms with Crippen LogP contribution < -0.4 is 14.4 Å². The summed E-state index contributed by atoms with van der Waals surface area (Å²) in [6, 6.07) is 9.97. The zero-order valence-electron chi connectivity index (χ0n) is 20.4. The maximum absolute atomic E-state index is 7.32. The Bertz CT molecular complexity index is 1460. The molecule has 1 aromatic carbocycles. The quantitative estimate of drug-likeness (QED) is 0.396. The lowest BCUT2D eigenvalue weighted by Crippen LogP contribution is -2.29. The van der Waals surface area contributed by atoms with E-state index in [0.717, 1.165) is 65.7 Å². The molecular weight excluding hydrogens is 454 g/mol.